The Morgan fingerprint density at radius 2 is 1.97 bits per heavy atom. The molecule has 5 rings (SSSR count). The highest BCUT2D eigenvalue weighted by Crippen LogP contribution is 2.34. The van der Waals surface area contributed by atoms with Crippen molar-refractivity contribution >= 4 is 22.8 Å². The Labute approximate surface area is 171 Å². The van der Waals surface area contributed by atoms with Crippen molar-refractivity contribution < 1.29 is 18.5 Å². The Kier molecular flexibility index (Phi) is 4.55. The van der Waals surface area contributed by atoms with Gasteiger partial charge in [-0.25, -0.2) is 4.98 Å². The molecule has 0 atom stereocenters. The predicted molar refractivity (Wildman–Crippen MR) is 108 cm³/mol. The number of methoxy groups -OCH3 is 1. The van der Waals surface area contributed by atoms with Gasteiger partial charge in [-0.1, -0.05) is 17.3 Å². The van der Waals surface area contributed by atoms with Crippen LogP contribution in [0.2, 0.25) is 0 Å². The molecule has 0 radical (unpaired) electrons. The van der Waals surface area contributed by atoms with Gasteiger partial charge >= 0.3 is 0 Å². The molecule has 0 spiro atoms. The summed E-state index contributed by atoms with van der Waals surface area (Å²) < 4.78 is 16.0. The number of amides is 1. The van der Waals surface area contributed by atoms with Crippen molar-refractivity contribution in [3.8, 4) is 17.0 Å². The van der Waals surface area contributed by atoms with Gasteiger partial charge in [0.2, 0.25) is 0 Å². The summed E-state index contributed by atoms with van der Waals surface area (Å²) in [5.74, 6) is 1.72. The fourth-order valence-electron chi connectivity index (χ4n) is 3.66. The number of carbonyl (C=O) groups is 1. The van der Waals surface area contributed by atoms with Crippen LogP contribution in [0.5, 0.6) is 5.75 Å². The summed E-state index contributed by atoms with van der Waals surface area (Å²) in [5, 5.41) is 4.98. The number of ether oxygens (including phenoxy) is 1. The van der Waals surface area contributed by atoms with E-state index in [0.29, 0.717) is 43.3 Å². The van der Waals surface area contributed by atoms with E-state index in [9.17, 15) is 4.79 Å². The lowest BCUT2D eigenvalue weighted by Gasteiger charge is -2.35. The summed E-state index contributed by atoms with van der Waals surface area (Å²) in [4.78, 5) is 25.2. The van der Waals surface area contributed by atoms with E-state index >= 15 is 0 Å². The highest BCUT2D eigenvalue weighted by Gasteiger charge is 2.27. The van der Waals surface area contributed by atoms with Crippen LogP contribution in [0.4, 0.5) is 5.82 Å². The molecule has 1 fully saturated rings. The van der Waals surface area contributed by atoms with E-state index in [1.54, 1.807) is 24.1 Å². The number of furan rings is 1. The molecule has 30 heavy (non-hydrogen) atoms. The molecule has 1 aliphatic rings. The van der Waals surface area contributed by atoms with Crippen molar-refractivity contribution in [2.75, 3.05) is 38.2 Å². The fourth-order valence-corrected chi connectivity index (χ4v) is 3.66. The summed E-state index contributed by atoms with van der Waals surface area (Å²) in [6, 6.07) is 11.0. The average molecular weight is 405 g/mol. The standard InChI is InChI=1S/C21H19N5O4/c1-28-15-5-2-4-14(12-15)18-17-19(22-13-23-20(17)30-24-18)25-7-9-26(10-8-25)21(27)16-6-3-11-29-16/h2-6,11-13H,7-10H2,1H3. The number of carbonyl (C=O) groups excluding carboxylic acids is 1. The smallest absolute Gasteiger partial charge is 0.289 e. The minimum atomic E-state index is -0.102. The molecular weight excluding hydrogens is 386 g/mol. The first-order valence-corrected chi connectivity index (χ1v) is 9.57. The molecule has 0 aliphatic carbocycles. The van der Waals surface area contributed by atoms with Crippen LogP contribution in [0.1, 0.15) is 10.6 Å². The van der Waals surface area contributed by atoms with E-state index in [0.717, 1.165) is 22.5 Å². The van der Waals surface area contributed by atoms with Crippen LogP contribution in [0, 0.1) is 0 Å². The molecular formula is C21H19N5O4. The normalized spacial score (nSPS) is 14.3. The lowest BCUT2D eigenvalue weighted by molar-refractivity contribution is 0.0714. The minimum Gasteiger partial charge on any atom is -0.497 e. The zero-order valence-corrected chi connectivity index (χ0v) is 16.3. The van der Waals surface area contributed by atoms with Crippen LogP contribution in [-0.4, -0.2) is 59.2 Å². The topological polar surface area (TPSA) is 97.7 Å². The monoisotopic (exact) mass is 405 g/mol. The predicted octanol–water partition coefficient (Wildman–Crippen LogP) is 2.85. The van der Waals surface area contributed by atoms with Crippen LogP contribution in [0.15, 0.2) is 57.9 Å². The highest BCUT2D eigenvalue weighted by atomic mass is 16.5. The largest absolute Gasteiger partial charge is 0.497 e. The number of fused-ring (bicyclic) bond motifs is 1. The van der Waals surface area contributed by atoms with Crippen LogP contribution in [-0.2, 0) is 0 Å². The second kappa shape index (κ2) is 7.51. The second-order valence-electron chi connectivity index (χ2n) is 6.90. The van der Waals surface area contributed by atoms with Gasteiger partial charge in [-0.3, -0.25) is 4.79 Å². The molecule has 4 aromatic rings. The Hall–Kier alpha value is -3.88. The van der Waals surface area contributed by atoms with Gasteiger partial charge in [-0.15, -0.1) is 0 Å². The molecule has 9 nitrogen and oxygen atoms in total. The van der Waals surface area contributed by atoms with Gasteiger partial charge in [0.15, 0.2) is 5.76 Å². The van der Waals surface area contributed by atoms with Gasteiger partial charge in [0, 0.05) is 31.7 Å². The van der Waals surface area contributed by atoms with Crippen LogP contribution in [0.25, 0.3) is 22.4 Å². The van der Waals surface area contributed by atoms with E-state index in [-0.39, 0.29) is 5.91 Å². The van der Waals surface area contributed by atoms with E-state index in [1.165, 1.54) is 12.6 Å². The number of rotatable bonds is 4. The summed E-state index contributed by atoms with van der Waals surface area (Å²) in [6.45, 7) is 2.37. The van der Waals surface area contributed by atoms with Crippen LogP contribution < -0.4 is 9.64 Å². The van der Waals surface area contributed by atoms with E-state index < -0.39 is 0 Å². The van der Waals surface area contributed by atoms with Gasteiger partial charge in [0.25, 0.3) is 11.6 Å². The Morgan fingerprint density at radius 3 is 2.73 bits per heavy atom. The zero-order valence-electron chi connectivity index (χ0n) is 16.3. The number of anilines is 1. The third-order valence-corrected chi connectivity index (χ3v) is 5.19. The van der Waals surface area contributed by atoms with Gasteiger partial charge in [-0.2, -0.15) is 4.98 Å². The first-order valence-electron chi connectivity index (χ1n) is 9.57. The number of nitrogens with zero attached hydrogens (tertiary/aromatic N) is 5. The molecule has 152 valence electrons. The summed E-state index contributed by atoms with van der Waals surface area (Å²) >= 11 is 0. The molecule has 0 N–H and O–H groups in total. The molecule has 0 bridgehead atoms. The summed E-state index contributed by atoms with van der Waals surface area (Å²) in [5.41, 5.74) is 1.94. The summed E-state index contributed by atoms with van der Waals surface area (Å²) in [6.07, 6.45) is 2.98. The maximum atomic E-state index is 12.5. The third kappa shape index (κ3) is 3.14. The van der Waals surface area contributed by atoms with Crippen LogP contribution >= 0.6 is 0 Å². The zero-order chi connectivity index (χ0) is 20.5. The van der Waals surface area contributed by atoms with Crippen molar-refractivity contribution in [2.45, 2.75) is 0 Å². The first kappa shape index (κ1) is 18.2. The van der Waals surface area contributed by atoms with E-state index in [2.05, 4.69) is 20.0 Å². The van der Waals surface area contributed by atoms with Crippen molar-refractivity contribution in [1.29, 1.82) is 0 Å². The molecule has 3 aromatic heterocycles. The molecule has 1 amide bonds. The maximum Gasteiger partial charge on any atom is 0.289 e. The molecule has 0 saturated carbocycles. The molecule has 1 aliphatic heterocycles. The Bertz CT molecular complexity index is 1180. The molecule has 0 unspecified atom stereocenters. The van der Waals surface area contributed by atoms with Crippen molar-refractivity contribution in [3.63, 3.8) is 0 Å². The minimum absolute atomic E-state index is 0.102. The number of aromatic nitrogens is 3. The lowest BCUT2D eigenvalue weighted by Crippen LogP contribution is -2.49. The Balaban J connectivity index is 1.44. The summed E-state index contributed by atoms with van der Waals surface area (Å²) in [7, 11) is 1.62. The van der Waals surface area contributed by atoms with Crippen molar-refractivity contribution in [1.82, 2.24) is 20.0 Å². The SMILES string of the molecule is COc1cccc(-c2noc3ncnc(N4CCN(C(=O)c5ccco5)CC4)c23)c1. The third-order valence-electron chi connectivity index (χ3n) is 5.19. The van der Waals surface area contributed by atoms with Crippen molar-refractivity contribution in [3.05, 3.63) is 54.7 Å². The van der Waals surface area contributed by atoms with Gasteiger partial charge < -0.3 is 23.5 Å². The van der Waals surface area contributed by atoms with E-state index in [4.69, 9.17) is 13.7 Å². The van der Waals surface area contributed by atoms with Gasteiger partial charge in [0.1, 0.15) is 29.0 Å². The molecule has 1 aromatic carbocycles. The Morgan fingerprint density at radius 1 is 1.10 bits per heavy atom. The number of hydrogen-bond acceptors (Lipinski definition) is 8. The molecule has 1 saturated heterocycles. The second-order valence-corrected chi connectivity index (χ2v) is 6.90. The number of piperazine rings is 1. The number of hydrogen-bond donors (Lipinski definition) is 0. The molecule has 4 heterocycles. The van der Waals surface area contributed by atoms with Crippen LogP contribution in [0.3, 0.4) is 0 Å². The molecule has 9 heteroatoms. The highest BCUT2D eigenvalue weighted by molar-refractivity contribution is 5.98. The average Bonchev–Trinajstić information content (AvgIpc) is 3.49. The van der Waals surface area contributed by atoms with Gasteiger partial charge in [-0.05, 0) is 24.3 Å². The number of benzene rings is 1. The lowest BCUT2D eigenvalue weighted by atomic mass is 10.1. The van der Waals surface area contributed by atoms with Gasteiger partial charge in [0.05, 0.1) is 13.4 Å². The van der Waals surface area contributed by atoms with E-state index in [1.807, 2.05) is 24.3 Å². The quantitative estimate of drug-likeness (QED) is 0.511. The first-order chi connectivity index (χ1) is 14.7. The van der Waals surface area contributed by atoms with Crippen molar-refractivity contribution in [2.24, 2.45) is 0 Å². The fraction of sp³-hybridized carbons (Fsp3) is 0.238. The maximum absolute atomic E-state index is 12.5.